The minimum absolute atomic E-state index is 0.169. The van der Waals surface area contributed by atoms with Gasteiger partial charge in [-0.05, 0) is 49.7 Å². The maximum atomic E-state index is 13.1. The predicted molar refractivity (Wildman–Crippen MR) is 154 cm³/mol. The number of hydrogen-bond acceptors (Lipinski definition) is 10. The maximum Gasteiger partial charge on any atom is 0.409 e. The molecule has 1 aliphatic heterocycles. The first kappa shape index (κ1) is 31.4. The summed E-state index contributed by atoms with van der Waals surface area (Å²) in [6.07, 6.45) is -0.701. The van der Waals surface area contributed by atoms with Gasteiger partial charge in [0.15, 0.2) is 0 Å². The highest BCUT2D eigenvalue weighted by atomic mass is 16.6. The second kappa shape index (κ2) is 15.6. The number of hydrogen-bond donors (Lipinski definition) is 3. The fourth-order valence-electron chi connectivity index (χ4n) is 4.41. The Balaban J connectivity index is 1.06. The van der Waals surface area contributed by atoms with Crippen LogP contribution in [0.2, 0.25) is 0 Å². The van der Waals surface area contributed by atoms with Crippen LogP contribution in [0, 0.1) is 6.92 Å². The summed E-state index contributed by atoms with van der Waals surface area (Å²) in [7, 11) is 0. The van der Waals surface area contributed by atoms with Crippen LogP contribution in [0.3, 0.4) is 0 Å². The standard InChI is InChI=1S/C29H34N4O10/c1-19-30-24-18-22(6-7-23(24)28(36)33(19)25-8-9-26(34)32-27(25)35)43-17-15-41-13-11-39-10-12-40-14-16-42-21-4-2-20(3-5-21)31-29(37)38/h2-7,18,25,31H,8-17H2,1H3,(H,37,38)(H,32,34,35). The smallest absolute Gasteiger partial charge is 0.409 e. The van der Waals surface area contributed by atoms with Gasteiger partial charge in [-0.3, -0.25) is 29.6 Å². The van der Waals surface area contributed by atoms with Crippen LogP contribution >= 0.6 is 0 Å². The number of carbonyl (C=O) groups excluding carboxylic acids is 2. The monoisotopic (exact) mass is 598 g/mol. The summed E-state index contributed by atoms with van der Waals surface area (Å²) in [6.45, 7) is 4.61. The van der Waals surface area contributed by atoms with Gasteiger partial charge in [0.05, 0.1) is 50.5 Å². The third-order valence-electron chi connectivity index (χ3n) is 6.41. The summed E-state index contributed by atoms with van der Waals surface area (Å²) in [4.78, 5) is 52.0. The number of ether oxygens (including phenoxy) is 5. The molecule has 14 heteroatoms. The summed E-state index contributed by atoms with van der Waals surface area (Å²) in [5.41, 5.74) is 0.576. The van der Waals surface area contributed by atoms with Gasteiger partial charge in [0.1, 0.15) is 36.6 Å². The topological polar surface area (TPSA) is 177 Å². The zero-order chi connectivity index (χ0) is 30.6. The molecule has 2 heterocycles. The summed E-state index contributed by atoms with van der Waals surface area (Å²) >= 11 is 0. The molecule has 1 saturated heterocycles. The van der Waals surface area contributed by atoms with Crippen LogP contribution in [-0.2, 0) is 23.8 Å². The van der Waals surface area contributed by atoms with Crippen molar-refractivity contribution >= 4 is 34.5 Å². The third kappa shape index (κ3) is 9.23. The fraction of sp³-hybridized carbons (Fsp3) is 0.414. The largest absolute Gasteiger partial charge is 0.491 e. The second-order valence-electron chi connectivity index (χ2n) is 9.47. The Kier molecular flexibility index (Phi) is 11.4. The number of aromatic nitrogens is 2. The Bertz CT molecular complexity index is 1470. The van der Waals surface area contributed by atoms with Crippen molar-refractivity contribution < 1.29 is 43.2 Å². The molecule has 43 heavy (non-hydrogen) atoms. The molecule has 230 valence electrons. The molecule has 1 aliphatic rings. The summed E-state index contributed by atoms with van der Waals surface area (Å²) < 4.78 is 29.1. The van der Waals surface area contributed by atoms with Crippen LogP contribution in [-0.4, -0.2) is 85.4 Å². The van der Waals surface area contributed by atoms with Crippen LogP contribution in [0.5, 0.6) is 11.5 Å². The zero-order valence-electron chi connectivity index (χ0n) is 23.7. The number of fused-ring (bicyclic) bond motifs is 1. The molecule has 3 amide bonds. The van der Waals surface area contributed by atoms with Gasteiger partial charge < -0.3 is 28.8 Å². The van der Waals surface area contributed by atoms with Crippen LogP contribution in [0.25, 0.3) is 10.9 Å². The first-order valence-corrected chi connectivity index (χ1v) is 13.8. The van der Waals surface area contributed by atoms with Crippen LogP contribution < -0.4 is 25.7 Å². The van der Waals surface area contributed by atoms with Crippen molar-refractivity contribution in [3.8, 4) is 11.5 Å². The molecular weight excluding hydrogens is 564 g/mol. The number of amides is 3. The average Bonchev–Trinajstić information content (AvgIpc) is 2.97. The zero-order valence-corrected chi connectivity index (χ0v) is 23.7. The molecule has 1 fully saturated rings. The number of nitrogens with one attached hydrogen (secondary N) is 2. The quantitative estimate of drug-likeness (QED) is 0.163. The number of rotatable bonds is 16. The number of nitrogens with zero attached hydrogens (tertiary/aromatic N) is 2. The summed E-state index contributed by atoms with van der Waals surface area (Å²) in [5, 5.41) is 13.6. The molecule has 0 radical (unpaired) electrons. The number of anilines is 1. The van der Waals surface area contributed by atoms with E-state index in [0.29, 0.717) is 86.8 Å². The number of carbonyl (C=O) groups is 3. The lowest BCUT2D eigenvalue weighted by Gasteiger charge is -2.24. The lowest BCUT2D eigenvalue weighted by molar-refractivity contribution is -0.135. The molecule has 4 rings (SSSR count). The first-order chi connectivity index (χ1) is 20.8. The van der Waals surface area contributed by atoms with Crippen molar-refractivity contribution in [2.75, 3.05) is 58.2 Å². The van der Waals surface area contributed by atoms with Gasteiger partial charge in [0, 0.05) is 18.2 Å². The first-order valence-electron chi connectivity index (χ1n) is 13.8. The predicted octanol–water partition coefficient (Wildman–Crippen LogP) is 2.28. The average molecular weight is 599 g/mol. The Labute approximate surface area is 246 Å². The number of benzene rings is 2. The van der Waals surface area contributed by atoms with Crippen LogP contribution in [0.1, 0.15) is 24.7 Å². The Morgan fingerprint density at radius 3 is 2.09 bits per heavy atom. The summed E-state index contributed by atoms with van der Waals surface area (Å²) in [5.74, 6) is 0.682. The van der Waals surface area contributed by atoms with Gasteiger partial charge in [-0.15, -0.1) is 0 Å². The SMILES string of the molecule is Cc1nc2cc(OCCOCCOCCOCCOc3ccc(NC(=O)O)cc3)ccc2c(=O)n1C1CCC(=O)NC1=O. The van der Waals surface area contributed by atoms with E-state index in [9.17, 15) is 19.2 Å². The van der Waals surface area contributed by atoms with E-state index >= 15 is 0 Å². The lowest BCUT2D eigenvalue weighted by atomic mass is 10.1. The Morgan fingerprint density at radius 1 is 0.907 bits per heavy atom. The maximum absolute atomic E-state index is 13.1. The summed E-state index contributed by atoms with van der Waals surface area (Å²) in [6, 6.07) is 10.7. The molecule has 0 bridgehead atoms. The molecule has 14 nitrogen and oxygen atoms in total. The van der Waals surface area contributed by atoms with Crippen molar-refractivity contribution in [3.63, 3.8) is 0 Å². The van der Waals surface area contributed by atoms with Crippen molar-refractivity contribution in [1.82, 2.24) is 14.9 Å². The molecular formula is C29H34N4O10. The van der Waals surface area contributed by atoms with Crippen molar-refractivity contribution in [3.05, 3.63) is 58.6 Å². The molecule has 0 spiro atoms. The molecule has 2 aromatic carbocycles. The van der Waals surface area contributed by atoms with Gasteiger partial charge in [-0.1, -0.05) is 0 Å². The molecule has 3 aromatic rings. The molecule has 0 saturated carbocycles. The minimum Gasteiger partial charge on any atom is -0.491 e. The minimum atomic E-state index is -1.12. The van der Waals surface area contributed by atoms with E-state index in [1.165, 1.54) is 4.57 Å². The molecule has 1 aromatic heterocycles. The normalized spacial score (nSPS) is 14.9. The fourth-order valence-corrected chi connectivity index (χ4v) is 4.41. The lowest BCUT2D eigenvalue weighted by Crippen LogP contribution is -2.45. The molecule has 1 unspecified atom stereocenters. The van der Waals surface area contributed by atoms with Gasteiger partial charge in [-0.2, -0.15) is 0 Å². The van der Waals surface area contributed by atoms with Crippen molar-refractivity contribution in [1.29, 1.82) is 0 Å². The van der Waals surface area contributed by atoms with Crippen LogP contribution in [0.15, 0.2) is 47.3 Å². The van der Waals surface area contributed by atoms with E-state index in [2.05, 4.69) is 15.6 Å². The van der Waals surface area contributed by atoms with Crippen LogP contribution in [0.4, 0.5) is 10.5 Å². The van der Waals surface area contributed by atoms with Crippen molar-refractivity contribution in [2.45, 2.75) is 25.8 Å². The highest BCUT2D eigenvalue weighted by Gasteiger charge is 2.30. The second-order valence-corrected chi connectivity index (χ2v) is 9.47. The van der Waals surface area contributed by atoms with E-state index in [1.54, 1.807) is 49.4 Å². The highest BCUT2D eigenvalue weighted by Crippen LogP contribution is 2.22. The molecule has 3 N–H and O–H groups in total. The van der Waals surface area contributed by atoms with E-state index in [-0.39, 0.29) is 24.3 Å². The van der Waals surface area contributed by atoms with E-state index in [1.807, 2.05) is 0 Å². The van der Waals surface area contributed by atoms with Gasteiger partial charge in [-0.25, -0.2) is 9.78 Å². The third-order valence-corrected chi connectivity index (χ3v) is 6.41. The van der Waals surface area contributed by atoms with E-state index in [4.69, 9.17) is 28.8 Å². The number of imide groups is 1. The van der Waals surface area contributed by atoms with E-state index < -0.39 is 18.0 Å². The number of carboxylic acid groups (broad SMARTS) is 1. The van der Waals surface area contributed by atoms with E-state index in [0.717, 1.165) is 0 Å². The Morgan fingerprint density at radius 2 is 1.49 bits per heavy atom. The highest BCUT2D eigenvalue weighted by molar-refractivity contribution is 5.99. The number of aryl methyl sites for hydroxylation is 1. The Hall–Kier alpha value is -4.53. The molecule has 1 atom stereocenters. The molecule has 0 aliphatic carbocycles. The van der Waals surface area contributed by atoms with Gasteiger partial charge in [0.2, 0.25) is 11.8 Å². The van der Waals surface area contributed by atoms with Gasteiger partial charge in [0.25, 0.3) is 5.56 Å². The number of piperidine rings is 1. The van der Waals surface area contributed by atoms with Crippen molar-refractivity contribution in [2.24, 2.45) is 0 Å². The van der Waals surface area contributed by atoms with Gasteiger partial charge >= 0.3 is 6.09 Å².